The Morgan fingerprint density at radius 2 is 1.72 bits per heavy atom. The first-order valence-corrected chi connectivity index (χ1v) is 10.1. The molecular weight excluding hydrogens is 408 g/mol. The Morgan fingerprint density at radius 1 is 0.969 bits per heavy atom. The zero-order chi connectivity index (χ0) is 22.8. The van der Waals surface area contributed by atoms with Gasteiger partial charge in [0.1, 0.15) is 6.61 Å². The van der Waals surface area contributed by atoms with Gasteiger partial charge in [-0.15, -0.1) is 0 Å². The molecule has 7 nitrogen and oxygen atoms in total. The van der Waals surface area contributed by atoms with Crippen LogP contribution >= 0.6 is 0 Å². The molecule has 0 saturated carbocycles. The number of aryl methyl sites for hydroxylation is 1. The Bertz CT molecular complexity index is 1080. The maximum atomic E-state index is 12.4. The van der Waals surface area contributed by atoms with E-state index in [0.717, 1.165) is 11.1 Å². The Labute approximate surface area is 186 Å². The number of hydrogen-bond acceptors (Lipinski definition) is 6. The van der Waals surface area contributed by atoms with Gasteiger partial charge in [0.2, 0.25) is 0 Å². The van der Waals surface area contributed by atoms with Crippen molar-refractivity contribution in [3.8, 4) is 11.5 Å². The Morgan fingerprint density at radius 3 is 2.44 bits per heavy atom. The number of hydrazone groups is 1. The minimum atomic E-state index is -0.668. The summed E-state index contributed by atoms with van der Waals surface area (Å²) in [6.45, 7) is 4.31. The van der Waals surface area contributed by atoms with Crippen LogP contribution in [0.5, 0.6) is 11.5 Å². The summed E-state index contributed by atoms with van der Waals surface area (Å²) in [5, 5.41) is 3.89. The molecule has 0 radical (unpaired) electrons. The highest BCUT2D eigenvalue weighted by atomic mass is 16.6. The molecule has 3 aromatic rings. The van der Waals surface area contributed by atoms with Crippen molar-refractivity contribution < 1.29 is 23.8 Å². The first-order chi connectivity index (χ1) is 15.5. The third kappa shape index (κ3) is 6.70. The second-order valence-electron chi connectivity index (χ2n) is 6.83. The van der Waals surface area contributed by atoms with Crippen LogP contribution in [0.2, 0.25) is 0 Å². The molecule has 0 aliphatic carbocycles. The molecule has 0 heterocycles. The fraction of sp³-hybridized carbons (Fsp3) is 0.160. The van der Waals surface area contributed by atoms with E-state index >= 15 is 0 Å². The van der Waals surface area contributed by atoms with Crippen LogP contribution in [0.4, 0.5) is 4.79 Å². The zero-order valence-corrected chi connectivity index (χ0v) is 17.9. The lowest BCUT2D eigenvalue weighted by Gasteiger charge is -2.11. The summed E-state index contributed by atoms with van der Waals surface area (Å²) < 4.78 is 16.2. The van der Waals surface area contributed by atoms with Gasteiger partial charge in [-0.25, -0.2) is 15.0 Å². The fourth-order valence-corrected chi connectivity index (χ4v) is 2.72. The van der Waals surface area contributed by atoms with E-state index in [1.807, 2.05) is 56.3 Å². The van der Waals surface area contributed by atoms with Crippen LogP contribution in [-0.4, -0.2) is 24.9 Å². The van der Waals surface area contributed by atoms with Gasteiger partial charge >= 0.3 is 12.1 Å². The van der Waals surface area contributed by atoms with Crippen molar-refractivity contribution in [2.45, 2.75) is 20.5 Å². The van der Waals surface area contributed by atoms with E-state index in [0.29, 0.717) is 29.2 Å². The number of hydrogen-bond donors (Lipinski definition) is 1. The van der Waals surface area contributed by atoms with Gasteiger partial charge in [0, 0.05) is 0 Å². The van der Waals surface area contributed by atoms with E-state index in [9.17, 15) is 9.59 Å². The fourth-order valence-electron chi connectivity index (χ4n) is 2.72. The number of amides is 1. The van der Waals surface area contributed by atoms with Crippen LogP contribution in [0.1, 0.15) is 34.0 Å². The Kier molecular flexibility index (Phi) is 7.97. The molecule has 0 bridgehead atoms. The lowest BCUT2D eigenvalue weighted by Crippen LogP contribution is -2.18. The molecule has 1 amide bonds. The van der Waals surface area contributed by atoms with Crippen LogP contribution in [-0.2, 0) is 11.3 Å². The highest BCUT2D eigenvalue weighted by Crippen LogP contribution is 2.29. The van der Waals surface area contributed by atoms with Crippen LogP contribution in [0.3, 0.4) is 0 Å². The molecule has 0 atom stereocenters. The molecule has 3 rings (SSSR count). The van der Waals surface area contributed by atoms with E-state index in [-0.39, 0.29) is 6.61 Å². The van der Waals surface area contributed by atoms with Crippen LogP contribution < -0.4 is 14.9 Å². The highest BCUT2D eigenvalue weighted by Gasteiger charge is 2.13. The molecule has 0 spiro atoms. The first-order valence-electron chi connectivity index (χ1n) is 10.1. The van der Waals surface area contributed by atoms with E-state index in [4.69, 9.17) is 14.2 Å². The monoisotopic (exact) mass is 432 g/mol. The summed E-state index contributed by atoms with van der Waals surface area (Å²) in [5.41, 5.74) is 5.33. The van der Waals surface area contributed by atoms with Gasteiger partial charge in [-0.3, -0.25) is 0 Å². The van der Waals surface area contributed by atoms with Gasteiger partial charge in [-0.1, -0.05) is 48.0 Å². The van der Waals surface area contributed by atoms with E-state index < -0.39 is 12.1 Å². The van der Waals surface area contributed by atoms with Crippen LogP contribution in [0.15, 0.2) is 77.9 Å². The van der Waals surface area contributed by atoms with E-state index in [2.05, 4.69) is 10.5 Å². The summed E-state index contributed by atoms with van der Waals surface area (Å²) in [4.78, 5) is 24.2. The molecule has 0 fully saturated rings. The van der Waals surface area contributed by atoms with Crippen molar-refractivity contribution in [3.05, 3.63) is 95.1 Å². The maximum Gasteiger partial charge on any atom is 0.428 e. The second-order valence-corrected chi connectivity index (χ2v) is 6.83. The van der Waals surface area contributed by atoms with Gasteiger partial charge in [0.05, 0.1) is 18.4 Å². The third-order valence-electron chi connectivity index (χ3n) is 4.34. The standard InChI is InChI=1S/C25H24N2O5/c1-3-30-23-15-20(16-26-27-25(29)31-17-19-7-5-4-6-8-19)11-14-22(23)32-24(28)21-12-9-18(2)10-13-21/h4-16H,3,17H2,1-2H3,(H,27,29)/b26-16+. The molecule has 0 saturated heterocycles. The van der Waals surface area contributed by atoms with Gasteiger partial charge in [0.25, 0.3) is 0 Å². The van der Waals surface area contributed by atoms with Crippen molar-refractivity contribution in [1.82, 2.24) is 5.43 Å². The van der Waals surface area contributed by atoms with Gasteiger partial charge in [-0.05, 0) is 55.3 Å². The molecule has 0 aromatic heterocycles. The minimum absolute atomic E-state index is 0.151. The number of ether oxygens (including phenoxy) is 3. The smallest absolute Gasteiger partial charge is 0.428 e. The normalized spacial score (nSPS) is 10.6. The maximum absolute atomic E-state index is 12.4. The molecule has 164 valence electrons. The van der Waals surface area contributed by atoms with Crippen molar-refractivity contribution >= 4 is 18.3 Å². The van der Waals surface area contributed by atoms with Gasteiger partial charge < -0.3 is 14.2 Å². The molecule has 7 heteroatoms. The lowest BCUT2D eigenvalue weighted by atomic mass is 10.1. The number of nitrogens with one attached hydrogen (secondary N) is 1. The van der Waals surface area contributed by atoms with Crippen molar-refractivity contribution in [1.29, 1.82) is 0 Å². The van der Waals surface area contributed by atoms with Crippen LogP contribution in [0, 0.1) is 6.92 Å². The second kappa shape index (κ2) is 11.3. The third-order valence-corrected chi connectivity index (χ3v) is 4.34. The number of carbonyl (C=O) groups is 2. The molecule has 3 aromatic carbocycles. The zero-order valence-electron chi connectivity index (χ0n) is 17.9. The largest absolute Gasteiger partial charge is 0.490 e. The summed E-state index contributed by atoms with van der Waals surface area (Å²) in [5.74, 6) is 0.212. The molecule has 0 unspecified atom stereocenters. The number of esters is 1. The number of carbonyl (C=O) groups excluding carboxylic acids is 2. The van der Waals surface area contributed by atoms with Crippen LogP contribution in [0.25, 0.3) is 0 Å². The molecule has 1 N–H and O–H groups in total. The van der Waals surface area contributed by atoms with Crippen molar-refractivity contribution in [3.63, 3.8) is 0 Å². The predicted octanol–water partition coefficient (Wildman–Crippen LogP) is 4.87. The first kappa shape index (κ1) is 22.6. The molecule has 0 aliphatic heterocycles. The SMILES string of the molecule is CCOc1cc(/C=N/NC(=O)OCc2ccccc2)ccc1OC(=O)c1ccc(C)cc1. The van der Waals surface area contributed by atoms with Gasteiger partial charge in [0.15, 0.2) is 11.5 Å². The number of benzene rings is 3. The summed E-state index contributed by atoms with van der Waals surface area (Å²) in [7, 11) is 0. The lowest BCUT2D eigenvalue weighted by molar-refractivity contribution is 0.0728. The Hall–Kier alpha value is -4.13. The molecular formula is C25H24N2O5. The number of rotatable bonds is 8. The highest BCUT2D eigenvalue weighted by molar-refractivity contribution is 5.91. The predicted molar refractivity (Wildman–Crippen MR) is 121 cm³/mol. The van der Waals surface area contributed by atoms with Gasteiger partial charge in [-0.2, -0.15) is 5.10 Å². The summed E-state index contributed by atoms with van der Waals surface area (Å²) in [6, 6.07) is 21.4. The van der Waals surface area contributed by atoms with Crippen molar-refractivity contribution in [2.75, 3.05) is 6.61 Å². The Balaban J connectivity index is 1.60. The van der Waals surface area contributed by atoms with Crippen molar-refractivity contribution in [2.24, 2.45) is 5.10 Å². The average molecular weight is 432 g/mol. The molecule has 0 aliphatic rings. The summed E-state index contributed by atoms with van der Waals surface area (Å²) in [6.07, 6.45) is 0.775. The quantitative estimate of drug-likeness (QED) is 0.237. The topological polar surface area (TPSA) is 86.2 Å². The van der Waals surface area contributed by atoms with E-state index in [1.54, 1.807) is 30.3 Å². The minimum Gasteiger partial charge on any atom is -0.490 e. The average Bonchev–Trinajstić information content (AvgIpc) is 2.80. The summed E-state index contributed by atoms with van der Waals surface area (Å²) >= 11 is 0. The molecule has 32 heavy (non-hydrogen) atoms. The number of nitrogens with zero attached hydrogens (tertiary/aromatic N) is 1. The van der Waals surface area contributed by atoms with E-state index in [1.165, 1.54) is 6.21 Å².